The predicted octanol–water partition coefficient (Wildman–Crippen LogP) is 3.60. The number of imide groups is 2. The third kappa shape index (κ3) is 6.07. The average molecular weight is 530 g/mol. The number of urea groups is 1. The average Bonchev–Trinajstić information content (AvgIpc) is 2.91. The number of amides is 5. The van der Waals surface area contributed by atoms with E-state index in [2.05, 4.69) is 10.6 Å². The number of nitrogens with one attached hydrogen (secondary N) is 2. The lowest BCUT2D eigenvalue weighted by Crippen LogP contribution is -2.54. The number of nitro benzene ring substituents is 1. The first-order valence-electron chi connectivity index (χ1n) is 11.5. The van der Waals surface area contributed by atoms with Gasteiger partial charge in [-0.25, -0.2) is 9.69 Å². The summed E-state index contributed by atoms with van der Waals surface area (Å²) in [6.45, 7) is 1.64. The van der Waals surface area contributed by atoms with Gasteiger partial charge in [0.15, 0.2) is 18.1 Å². The minimum absolute atomic E-state index is 0.0479. The Morgan fingerprint density at radius 1 is 1.03 bits per heavy atom. The summed E-state index contributed by atoms with van der Waals surface area (Å²) in [5.41, 5.74) is 1.53. The van der Waals surface area contributed by atoms with E-state index in [-0.39, 0.29) is 41.0 Å². The van der Waals surface area contributed by atoms with Crippen molar-refractivity contribution in [2.45, 2.75) is 6.92 Å². The number of carbonyl (C=O) groups is 4. The standard InChI is InChI=1S/C27H22N4O8/c1-16-3-6-18(7-4-16)28-24(32)15-39-22-12-5-17(14-23(22)38-2)13-21-25(33)29-27(35)30(26(21)34)19-8-10-20(11-9-19)31(36)37/h3-14H,15H2,1-2H3,(H,28,32)(H,29,33,35)/b21-13+. The van der Waals surface area contributed by atoms with Gasteiger partial charge in [-0.05, 0) is 55.0 Å². The van der Waals surface area contributed by atoms with E-state index >= 15 is 0 Å². The lowest BCUT2D eigenvalue weighted by molar-refractivity contribution is -0.384. The van der Waals surface area contributed by atoms with Crippen molar-refractivity contribution < 1.29 is 33.6 Å². The molecule has 3 aromatic rings. The molecule has 198 valence electrons. The Bertz CT molecular complexity index is 1500. The molecule has 3 aromatic carbocycles. The molecule has 12 heteroatoms. The van der Waals surface area contributed by atoms with Crippen molar-refractivity contribution in [3.8, 4) is 11.5 Å². The summed E-state index contributed by atoms with van der Waals surface area (Å²) in [7, 11) is 1.39. The predicted molar refractivity (Wildman–Crippen MR) is 140 cm³/mol. The molecule has 1 aliphatic heterocycles. The van der Waals surface area contributed by atoms with Gasteiger partial charge >= 0.3 is 6.03 Å². The van der Waals surface area contributed by atoms with Crippen LogP contribution in [-0.2, 0) is 14.4 Å². The first-order chi connectivity index (χ1) is 18.7. The molecule has 5 amide bonds. The van der Waals surface area contributed by atoms with E-state index in [4.69, 9.17) is 9.47 Å². The summed E-state index contributed by atoms with van der Waals surface area (Å²) >= 11 is 0. The van der Waals surface area contributed by atoms with Gasteiger partial charge in [0, 0.05) is 17.8 Å². The molecule has 4 rings (SSSR count). The van der Waals surface area contributed by atoms with Crippen molar-refractivity contribution in [1.82, 2.24) is 5.32 Å². The SMILES string of the molecule is COc1cc(/C=C2\C(=O)NC(=O)N(c3ccc([N+](=O)[O-])cc3)C2=O)ccc1OCC(=O)Nc1ccc(C)cc1. The maximum absolute atomic E-state index is 13.1. The van der Waals surface area contributed by atoms with Crippen LogP contribution in [0.5, 0.6) is 11.5 Å². The van der Waals surface area contributed by atoms with Crippen molar-refractivity contribution in [2.75, 3.05) is 23.9 Å². The van der Waals surface area contributed by atoms with Crippen LogP contribution in [0, 0.1) is 17.0 Å². The first kappa shape index (κ1) is 26.5. The van der Waals surface area contributed by atoms with E-state index < -0.39 is 22.8 Å². The zero-order valence-corrected chi connectivity index (χ0v) is 20.8. The van der Waals surface area contributed by atoms with Gasteiger partial charge in [0.1, 0.15) is 5.57 Å². The van der Waals surface area contributed by atoms with Gasteiger partial charge in [-0.15, -0.1) is 0 Å². The molecule has 1 fully saturated rings. The van der Waals surface area contributed by atoms with E-state index in [1.807, 2.05) is 19.1 Å². The number of hydrogen-bond acceptors (Lipinski definition) is 8. The van der Waals surface area contributed by atoms with Crippen LogP contribution in [0.4, 0.5) is 21.9 Å². The van der Waals surface area contributed by atoms with Crippen LogP contribution in [0.15, 0.2) is 72.3 Å². The molecule has 2 N–H and O–H groups in total. The largest absolute Gasteiger partial charge is 0.493 e. The summed E-state index contributed by atoms with van der Waals surface area (Å²) in [6, 6.07) is 15.6. The fourth-order valence-corrected chi connectivity index (χ4v) is 3.65. The number of ether oxygens (including phenoxy) is 2. The molecule has 0 aliphatic carbocycles. The zero-order valence-electron chi connectivity index (χ0n) is 20.8. The van der Waals surface area contributed by atoms with Gasteiger partial charge in [0.2, 0.25) is 0 Å². The van der Waals surface area contributed by atoms with Crippen LogP contribution in [0.3, 0.4) is 0 Å². The van der Waals surface area contributed by atoms with E-state index in [1.54, 1.807) is 12.1 Å². The van der Waals surface area contributed by atoms with Gasteiger partial charge in [0.05, 0.1) is 17.7 Å². The van der Waals surface area contributed by atoms with E-state index in [1.165, 1.54) is 43.5 Å². The number of benzene rings is 3. The second-order valence-electron chi connectivity index (χ2n) is 8.34. The van der Waals surface area contributed by atoms with Gasteiger partial charge in [-0.2, -0.15) is 0 Å². The van der Waals surface area contributed by atoms with Crippen LogP contribution in [0.25, 0.3) is 6.08 Å². The number of rotatable bonds is 8. The third-order valence-electron chi connectivity index (χ3n) is 5.61. The number of carbonyl (C=O) groups excluding carboxylic acids is 4. The monoisotopic (exact) mass is 530 g/mol. The molecule has 39 heavy (non-hydrogen) atoms. The molecule has 1 saturated heterocycles. The quantitative estimate of drug-likeness (QED) is 0.194. The zero-order chi connectivity index (χ0) is 28.1. The molecule has 0 aromatic heterocycles. The van der Waals surface area contributed by atoms with Crippen molar-refractivity contribution in [2.24, 2.45) is 0 Å². The molecule has 1 heterocycles. The fourth-order valence-electron chi connectivity index (χ4n) is 3.65. The van der Waals surface area contributed by atoms with Crippen molar-refractivity contribution in [3.63, 3.8) is 0 Å². The van der Waals surface area contributed by atoms with Crippen LogP contribution in [0.1, 0.15) is 11.1 Å². The number of non-ortho nitro benzene ring substituents is 1. The summed E-state index contributed by atoms with van der Waals surface area (Å²) in [6.07, 6.45) is 1.26. The van der Waals surface area contributed by atoms with Crippen LogP contribution in [-0.4, -0.2) is 42.4 Å². The number of aryl methyl sites for hydroxylation is 1. The van der Waals surface area contributed by atoms with Gasteiger partial charge in [0.25, 0.3) is 23.4 Å². The Kier molecular flexibility index (Phi) is 7.66. The number of hydrogen-bond donors (Lipinski definition) is 2. The van der Waals surface area contributed by atoms with Crippen LogP contribution >= 0.6 is 0 Å². The van der Waals surface area contributed by atoms with E-state index in [9.17, 15) is 29.3 Å². The smallest absolute Gasteiger partial charge is 0.335 e. The summed E-state index contributed by atoms with van der Waals surface area (Å²) in [4.78, 5) is 61.2. The van der Waals surface area contributed by atoms with E-state index in [0.29, 0.717) is 16.2 Å². The second kappa shape index (κ2) is 11.3. The number of methoxy groups -OCH3 is 1. The second-order valence-corrected chi connectivity index (χ2v) is 8.34. The Balaban J connectivity index is 1.50. The Hall–Kier alpha value is -5.52. The molecule has 1 aliphatic rings. The van der Waals surface area contributed by atoms with Gasteiger partial charge < -0.3 is 14.8 Å². The Morgan fingerprint density at radius 2 is 1.72 bits per heavy atom. The highest BCUT2D eigenvalue weighted by atomic mass is 16.6. The highest BCUT2D eigenvalue weighted by Gasteiger charge is 2.37. The fraction of sp³-hybridized carbons (Fsp3) is 0.111. The molecule has 0 bridgehead atoms. The number of anilines is 2. The molecule has 0 unspecified atom stereocenters. The molecule has 12 nitrogen and oxygen atoms in total. The maximum atomic E-state index is 13.1. The van der Waals surface area contributed by atoms with Crippen molar-refractivity contribution >= 4 is 46.9 Å². The van der Waals surface area contributed by atoms with Gasteiger partial charge in [-0.1, -0.05) is 23.8 Å². The number of barbiturate groups is 1. The molecular weight excluding hydrogens is 508 g/mol. The van der Waals surface area contributed by atoms with E-state index in [0.717, 1.165) is 17.7 Å². The molecule has 0 atom stereocenters. The maximum Gasteiger partial charge on any atom is 0.335 e. The summed E-state index contributed by atoms with van der Waals surface area (Å²) in [5.74, 6) is -1.72. The molecule has 0 spiro atoms. The van der Waals surface area contributed by atoms with Crippen molar-refractivity contribution in [1.29, 1.82) is 0 Å². The van der Waals surface area contributed by atoms with Crippen LogP contribution < -0.4 is 25.0 Å². The normalized spacial score (nSPS) is 14.2. The molecule has 0 radical (unpaired) electrons. The summed E-state index contributed by atoms with van der Waals surface area (Å²) in [5, 5.41) is 15.7. The Labute approximate surface area is 222 Å². The topological polar surface area (TPSA) is 157 Å². The third-order valence-corrected chi connectivity index (χ3v) is 5.61. The lowest BCUT2D eigenvalue weighted by atomic mass is 10.1. The van der Waals surface area contributed by atoms with Crippen LogP contribution in [0.2, 0.25) is 0 Å². The number of nitrogens with zero attached hydrogens (tertiary/aromatic N) is 2. The summed E-state index contributed by atoms with van der Waals surface area (Å²) < 4.78 is 10.9. The lowest BCUT2D eigenvalue weighted by Gasteiger charge is -2.26. The molecular formula is C27H22N4O8. The number of nitro groups is 1. The highest BCUT2D eigenvalue weighted by molar-refractivity contribution is 6.39. The van der Waals surface area contributed by atoms with Crippen molar-refractivity contribution in [3.05, 3.63) is 93.5 Å². The minimum Gasteiger partial charge on any atom is -0.493 e. The first-order valence-corrected chi connectivity index (χ1v) is 11.5. The minimum atomic E-state index is -0.985. The molecule has 0 saturated carbocycles. The Morgan fingerprint density at radius 3 is 2.36 bits per heavy atom. The highest BCUT2D eigenvalue weighted by Crippen LogP contribution is 2.30. The van der Waals surface area contributed by atoms with Gasteiger partial charge in [-0.3, -0.25) is 29.8 Å².